The van der Waals surface area contributed by atoms with Gasteiger partial charge in [0.1, 0.15) is 0 Å². The Bertz CT molecular complexity index is 4600. The van der Waals surface area contributed by atoms with Crippen LogP contribution in [0.4, 0.5) is 17.1 Å². The van der Waals surface area contributed by atoms with Crippen LogP contribution in [0.2, 0.25) is 0 Å². The zero-order chi connectivity index (χ0) is 65.7. The molecule has 0 saturated carbocycles. The summed E-state index contributed by atoms with van der Waals surface area (Å²) in [6.45, 7) is 0. The molecule has 0 radical (unpaired) electrons. The molecule has 0 amide bonds. The van der Waals surface area contributed by atoms with Crippen LogP contribution in [0.3, 0.4) is 0 Å². The van der Waals surface area contributed by atoms with Gasteiger partial charge >= 0.3 is 0 Å². The highest BCUT2D eigenvalue weighted by Gasteiger charge is 2.47. The Morgan fingerprint density at radius 1 is 0.263 bits per heavy atom. The largest absolute Gasteiger partial charge is 0.311 e. The summed E-state index contributed by atoms with van der Waals surface area (Å²) in [4.78, 5) is 0.832. The molecule has 1 nitrogen and oxygen atoms in total. The molecule has 0 N–H and O–H groups in total. The minimum absolute atomic E-state index is 0.229. The summed E-state index contributed by atoms with van der Waals surface area (Å²) in [7, 11) is 0. The van der Waals surface area contributed by atoms with Crippen LogP contribution in [0.15, 0.2) is 236 Å². The Hall–Kier alpha value is -7.22. The zero-order valence-corrected chi connectivity index (χ0v) is 29.0. The highest BCUT2D eigenvalue weighted by molar-refractivity contribution is 5.88. The van der Waals surface area contributed by atoms with Gasteiger partial charge in [-0.15, -0.1) is 0 Å². The minimum atomic E-state index is -3.05. The number of hydrogen-bond donors (Lipinski definition) is 0. The van der Waals surface area contributed by atoms with Crippen LogP contribution in [0.5, 0.6) is 0 Å². The number of fused-ring (bicyclic) bond motifs is 6. The van der Waals surface area contributed by atoms with Crippen molar-refractivity contribution in [3.8, 4) is 22.3 Å². The average Bonchev–Trinajstić information content (AvgIpc) is 1.55. The van der Waals surface area contributed by atoms with Crippen LogP contribution in [0.1, 0.15) is 88.4 Å². The average molecular weight is 758 g/mol. The van der Waals surface area contributed by atoms with Crippen molar-refractivity contribution in [2.75, 3.05) is 4.90 Å². The van der Waals surface area contributed by atoms with E-state index in [-0.39, 0.29) is 11.3 Å². The molecule has 0 heterocycles. The lowest BCUT2D eigenvalue weighted by atomic mass is 9.67. The van der Waals surface area contributed by atoms with Gasteiger partial charge in [0.15, 0.2) is 0 Å². The maximum atomic E-state index is 10.1. The normalized spacial score (nSPS) is 21.8. The highest BCUT2D eigenvalue weighted by Crippen LogP contribution is 2.58. The molecule has 0 unspecified atom stereocenters. The van der Waals surface area contributed by atoms with Crippen molar-refractivity contribution in [2.45, 2.75) is 10.8 Å². The van der Waals surface area contributed by atoms with E-state index in [0.29, 0.717) is 0 Å². The van der Waals surface area contributed by atoms with Gasteiger partial charge in [0.25, 0.3) is 0 Å². The maximum absolute atomic E-state index is 10.1. The predicted molar refractivity (Wildman–Crippen MR) is 236 cm³/mol. The Kier molecular flexibility index (Phi) is 3.26. The van der Waals surface area contributed by atoms with Crippen molar-refractivity contribution < 1.29 is 43.9 Å². The van der Waals surface area contributed by atoms with Gasteiger partial charge in [-0.05, 0) is 103 Å². The summed E-state index contributed by atoms with van der Waals surface area (Å²) >= 11 is 0. The quantitative estimate of drug-likeness (QED) is 0.156. The standard InChI is InChI=1S/C56H39N/c1-4-18-40(19-5-1)55(51-28-14-10-24-47(51)48-25-11-15-29-52(48)55)42-32-36-45(37-33-42)57(44-22-8-3-9-23-44)46-38-34-43(35-39-46)56(41-20-6-2-7-21-41)53-30-16-12-26-49(53)50-27-13-17-31-54(50)56/h1-39H/i1D,2D,3D,4D,5D,6D,7D,8D,9D,10D,11D,12D,13D,14D,15D,16D,17D,18D,20D,22D,24D,25D,26D,27D,28D,29D,30D,31D,32D,33D,36D,37D. The molecular formula is C56H39N. The fourth-order valence-corrected chi connectivity index (χ4v) is 7.95. The molecule has 0 saturated heterocycles. The number of anilines is 3. The van der Waals surface area contributed by atoms with Gasteiger partial charge in [-0.3, -0.25) is 0 Å². The van der Waals surface area contributed by atoms with Crippen LogP contribution < -0.4 is 4.90 Å². The molecule has 11 rings (SSSR count). The van der Waals surface area contributed by atoms with E-state index in [1.54, 1.807) is 0 Å². The summed E-state index contributed by atoms with van der Waals surface area (Å²) in [6, 6.07) is -22.1. The summed E-state index contributed by atoms with van der Waals surface area (Å²) in [5, 5.41) is 0. The van der Waals surface area contributed by atoms with Crippen molar-refractivity contribution >= 4 is 17.1 Å². The molecular weight excluding hydrogens is 687 g/mol. The van der Waals surface area contributed by atoms with Crippen molar-refractivity contribution in [3.63, 3.8) is 0 Å². The first-order chi connectivity index (χ1) is 41.5. The third kappa shape index (κ3) is 4.82. The van der Waals surface area contributed by atoms with E-state index in [2.05, 4.69) is 0 Å². The number of rotatable bonds is 7. The fourth-order valence-electron chi connectivity index (χ4n) is 7.95. The second-order valence-corrected chi connectivity index (χ2v) is 12.8. The number of benzene rings is 9. The maximum Gasteiger partial charge on any atom is 0.0713 e. The van der Waals surface area contributed by atoms with E-state index in [1.807, 2.05) is 0 Å². The molecule has 0 aliphatic heterocycles. The van der Waals surface area contributed by atoms with Gasteiger partial charge in [-0.2, -0.15) is 0 Å². The number of hydrogen-bond acceptors (Lipinski definition) is 1. The lowest BCUT2D eigenvalue weighted by Crippen LogP contribution is -2.28. The molecule has 2 aliphatic carbocycles. The Labute approximate surface area is 379 Å². The summed E-state index contributed by atoms with van der Waals surface area (Å²) in [6.07, 6.45) is 0. The second kappa shape index (κ2) is 13.2. The van der Waals surface area contributed by atoms with Gasteiger partial charge < -0.3 is 4.90 Å². The van der Waals surface area contributed by atoms with Crippen molar-refractivity contribution in [3.05, 3.63) is 280 Å². The van der Waals surface area contributed by atoms with Gasteiger partial charge in [-0.1, -0.05) is 199 Å². The molecule has 0 aromatic heterocycles. The Balaban J connectivity index is 1.30. The molecule has 57 heavy (non-hydrogen) atoms. The van der Waals surface area contributed by atoms with Crippen molar-refractivity contribution in [1.82, 2.24) is 0 Å². The van der Waals surface area contributed by atoms with E-state index in [1.165, 1.54) is 12.1 Å². The van der Waals surface area contributed by atoms with Crippen molar-refractivity contribution in [1.29, 1.82) is 0 Å². The topological polar surface area (TPSA) is 3.24 Å². The molecule has 2 aliphatic rings. The molecule has 0 spiro atoms. The Morgan fingerprint density at radius 2 is 0.667 bits per heavy atom. The molecule has 0 bridgehead atoms. The molecule has 0 atom stereocenters. The van der Waals surface area contributed by atoms with E-state index >= 15 is 0 Å². The lowest BCUT2D eigenvalue weighted by molar-refractivity contribution is 0.768. The van der Waals surface area contributed by atoms with Crippen LogP contribution in [0.25, 0.3) is 22.3 Å². The zero-order valence-electron chi connectivity index (χ0n) is 61.0. The van der Waals surface area contributed by atoms with Gasteiger partial charge in [0.2, 0.25) is 0 Å². The third-order valence-corrected chi connectivity index (χ3v) is 10.2. The van der Waals surface area contributed by atoms with Gasteiger partial charge in [0, 0.05) is 17.1 Å². The summed E-state index contributed by atoms with van der Waals surface area (Å²) in [5.41, 5.74) is -14.5. The monoisotopic (exact) mass is 758 g/mol. The molecule has 268 valence electrons. The molecule has 1 heteroatoms. The van der Waals surface area contributed by atoms with Crippen LogP contribution in [0, 0.1) is 0 Å². The van der Waals surface area contributed by atoms with Crippen LogP contribution >= 0.6 is 0 Å². The van der Waals surface area contributed by atoms with Crippen LogP contribution in [-0.4, -0.2) is 0 Å². The second-order valence-electron chi connectivity index (χ2n) is 12.8. The summed E-state index contributed by atoms with van der Waals surface area (Å²) < 4.78 is 293. The van der Waals surface area contributed by atoms with Crippen molar-refractivity contribution in [2.24, 2.45) is 0 Å². The first-order valence-electron chi connectivity index (χ1n) is 33.2. The van der Waals surface area contributed by atoms with E-state index in [4.69, 9.17) is 23.3 Å². The van der Waals surface area contributed by atoms with E-state index < -0.39 is 277 Å². The predicted octanol–water partition coefficient (Wildman–Crippen LogP) is 13.9. The smallest absolute Gasteiger partial charge is 0.0713 e. The van der Waals surface area contributed by atoms with Crippen LogP contribution in [-0.2, 0) is 10.8 Å². The molecule has 0 fully saturated rings. The third-order valence-electron chi connectivity index (χ3n) is 10.2. The summed E-state index contributed by atoms with van der Waals surface area (Å²) in [5.74, 6) is 0. The van der Waals surface area contributed by atoms with Gasteiger partial charge in [-0.25, -0.2) is 0 Å². The molecule has 9 aromatic rings. The first-order valence-corrected chi connectivity index (χ1v) is 17.2. The first kappa shape index (κ1) is 14.1. The minimum Gasteiger partial charge on any atom is -0.311 e. The Morgan fingerprint density at radius 3 is 1.16 bits per heavy atom. The van der Waals surface area contributed by atoms with Gasteiger partial charge in [0.05, 0.1) is 54.7 Å². The number of para-hydroxylation sites is 1. The fraction of sp³-hybridized carbons (Fsp3) is 0.0357. The number of nitrogens with zero attached hydrogens (tertiary/aromatic N) is 1. The SMILES string of the molecule is [2H]c1cc(N(c2ccc(C3(c4cc([2H])c([2H])c([2H])c4[2H])c4c([2H])c([2H])c([2H])c([2H])c4-c4c([2H])c([2H])c([2H])c([2H])c43)cc2)c2c([2H])c([2H])c(C3(c4cc([2H])c([2H])c([2H])c4[2H])c4c([2H])c([2H])c([2H])c([2H])c4-c4c([2H])c([2H])c([2H])c([2H])c43)c([2H])c2[2H])c([2H])c([2H])c1[2H]. The molecule has 9 aromatic carbocycles. The lowest BCUT2D eigenvalue weighted by Gasteiger charge is -2.35. The van der Waals surface area contributed by atoms with E-state index in [0.717, 1.165) is 35.2 Å². The van der Waals surface area contributed by atoms with E-state index in [9.17, 15) is 20.6 Å². The highest BCUT2D eigenvalue weighted by atomic mass is 15.1.